The number of anilines is 1. The van der Waals surface area contributed by atoms with Crippen LogP contribution < -0.4 is 5.32 Å². The molecule has 4 aromatic rings. The number of hydrogen-bond acceptors (Lipinski definition) is 5. The molecule has 0 spiro atoms. The van der Waals surface area contributed by atoms with Crippen LogP contribution in [0.3, 0.4) is 0 Å². The summed E-state index contributed by atoms with van der Waals surface area (Å²) in [5, 5.41) is 12.0. The third kappa shape index (κ3) is 5.11. The summed E-state index contributed by atoms with van der Waals surface area (Å²) in [6.07, 6.45) is 1.62. The lowest BCUT2D eigenvalue weighted by Gasteiger charge is -2.14. The lowest BCUT2D eigenvalue weighted by atomic mass is 10.0. The van der Waals surface area contributed by atoms with E-state index in [1.54, 1.807) is 6.26 Å². The van der Waals surface area contributed by atoms with E-state index in [2.05, 4.69) is 41.5 Å². The van der Waals surface area contributed by atoms with E-state index in [1.807, 2.05) is 66.1 Å². The van der Waals surface area contributed by atoms with Crippen molar-refractivity contribution >= 4 is 23.4 Å². The second-order valence-electron chi connectivity index (χ2n) is 7.88. The number of thioether (sulfide) groups is 1. The molecule has 32 heavy (non-hydrogen) atoms. The van der Waals surface area contributed by atoms with Gasteiger partial charge in [0.15, 0.2) is 10.9 Å². The Hall–Kier alpha value is -3.32. The quantitative estimate of drug-likeness (QED) is 0.345. The Morgan fingerprint density at radius 2 is 1.75 bits per heavy atom. The summed E-state index contributed by atoms with van der Waals surface area (Å²) in [6.45, 7) is 6.75. The lowest BCUT2D eigenvalue weighted by Crippen LogP contribution is -2.23. The minimum atomic E-state index is -0.358. The minimum absolute atomic E-state index is 0.0823. The summed E-state index contributed by atoms with van der Waals surface area (Å²) < 4.78 is 7.54. The number of rotatable bonds is 8. The van der Waals surface area contributed by atoms with Crippen LogP contribution in [0.25, 0.3) is 11.6 Å². The van der Waals surface area contributed by atoms with Gasteiger partial charge in [-0.05, 0) is 48.2 Å². The van der Waals surface area contributed by atoms with Crippen molar-refractivity contribution in [3.05, 3.63) is 84.1 Å². The molecule has 0 fully saturated rings. The zero-order valence-corrected chi connectivity index (χ0v) is 19.2. The summed E-state index contributed by atoms with van der Waals surface area (Å²) in [5.41, 5.74) is 3.14. The number of amides is 1. The van der Waals surface area contributed by atoms with E-state index in [-0.39, 0.29) is 11.2 Å². The molecule has 0 saturated heterocycles. The van der Waals surface area contributed by atoms with Gasteiger partial charge in [-0.2, -0.15) is 0 Å². The van der Waals surface area contributed by atoms with Gasteiger partial charge in [-0.1, -0.05) is 68.1 Å². The lowest BCUT2D eigenvalue weighted by molar-refractivity contribution is -0.115. The van der Waals surface area contributed by atoms with Crippen LogP contribution in [0, 0.1) is 0 Å². The third-order valence-corrected chi connectivity index (χ3v) is 6.22. The maximum Gasteiger partial charge on any atom is 0.237 e. The highest BCUT2D eigenvalue weighted by atomic mass is 32.2. The summed E-state index contributed by atoms with van der Waals surface area (Å²) in [7, 11) is 0. The van der Waals surface area contributed by atoms with Crippen LogP contribution in [-0.2, 0) is 11.3 Å². The fourth-order valence-electron chi connectivity index (χ4n) is 3.28. The van der Waals surface area contributed by atoms with Gasteiger partial charge in [0.1, 0.15) is 0 Å². The van der Waals surface area contributed by atoms with Crippen molar-refractivity contribution in [1.29, 1.82) is 0 Å². The Morgan fingerprint density at radius 3 is 2.41 bits per heavy atom. The standard InChI is InChI=1S/C25H26N4O2S/c1-17(2)20-11-13-21(14-12-20)26-24(30)18(3)32-25-28-27-23(22-10-7-15-31-22)29(25)16-19-8-5-4-6-9-19/h4-15,17-18H,16H2,1-3H3,(H,26,30). The largest absolute Gasteiger partial charge is 0.461 e. The molecular formula is C25H26N4O2S. The number of carbonyl (C=O) groups is 1. The molecule has 0 saturated carbocycles. The molecule has 2 aromatic heterocycles. The number of benzene rings is 2. The predicted molar refractivity (Wildman–Crippen MR) is 128 cm³/mol. The van der Waals surface area contributed by atoms with Gasteiger partial charge >= 0.3 is 0 Å². The first kappa shape index (κ1) is 21.9. The fourth-order valence-corrected chi connectivity index (χ4v) is 4.13. The molecule has 1 N–H and O–H groups in total. The van der Waals surface area contributed by atoms with Crippen LogP contribution in [0.4, 0.5) is 5.69 Å². The van der Waals surface area contributed by atoms with Gasteiger partial charge < -0.3 is 9.73 Å². The SMILES string of the molecule is CC(Sc1nnc(-c2ccco2)n1Cc1ccccc1)C(=O)Nc1ccc(C(C)C)cc1. The average molecular weight is 447 g/mol. The Labute approximate surface area is 192 Å². The number of nitrogens with zero attached hydrogens (tertiary/aromatic N) is 3. The molecule has 1 unspecified atom stereocenters. The highest BCUT2D eigenvalue weighted by Gasteiger charge is 2.22. The van der Waals surface area contributed by atoms with E-state index in [0.29, 0.717) is 29.2 Å². The van der Waals surface area contributed by atoms with Crippen LogP contribution in [0.15, 0.2) is 82.6 Å². The Bertz CT molecular complexity index is 1150. The van der Waals surface area contributed by atoms with Crippen molar-refractivity contribution in [3.8, 4) is 11.6 Å². The first-order valence-electron chi connectivity index (χ1n) is 10.6. The van der Waals surface area contributed by atoms with Gasteiger partial charge in [-0.3, -0.25) is 9.36 Å². The molecular weight excluding hydrogens is 420 g/mol. The van der Waals surface area contributed by atoms with Gasteiger partial charge in [0, 0.05) is 5.69 Å². The van der Waals surface area contributed by atoms with E-state index in [1.165, 1.54) is 17.3 Å². The molecule has 6 nitrogen and oxygen atoms in total. The van der Waals surface area contributed by atoms with Crippen molar-refractivity contribution in [2.24, 2.45) is 0 Å². The van der Waals surface area contributed by atoms with Crippen molar-refractivity contribution in [2.45, 2.75) is 43.6 Å². The molecule has 164 valence electrons. The first-order chi connectivity index (χ1) is 15.5. The first-order valence-corrected chi connectivity index (χ1v) is 11.5. The molecule has 2 aromatic carbocycles. The topological polar surface area (TPSA) is 73.0 Å². The van der Waals surface area contributed by atoms with Gasteiger partial charge in [-0.15, -0.1) is 10.2 Å². The summed E-state index contributed by atoms with van der Waals surface area (Å²) >= 11 is 1.38. The summed E-state index contributed by atoms with van der Waals surface area (Å²) in [6, 6.07) is 21.7. The molecule has 0 bridgehead atoms. The fraction of sp³-hybridized carbons (Fsp3) is 0.240. The van der Waals surface area contributed by atoms with E-state index >= 15 is 0 Å². The Kier molecular flexibility index (Phi) is 6.75. The molecule has 0 aliphatic rings. The van der Waals surface area contributed by atoms with Crippen LogP contribution in [0.1, 0.15) is 37.8 Å². The van der Waals surface area contributed by atoms with Gasteiger partial charge in [0.05, 0.1) is 18.1 Å². The molecule has 0 aliphatic carbocycles. The van der Waals surface area contributed by atoms with Crippen LogP contribution in [-0.4, -0.2) is 25.9 Å². The van der Waals surface area contributed by atoms with Gasteiger partial charge in [0.2, 0.25) is 11.7 Å². The zero-order chi connectivity index (χ0) is 22.5. The molecule has 0 aliphatic heterocycles. The number of nitrogens with one attached hydrogen (secondary N) is 1. The number of carbonyl (C=O) groups excluding carboxylic acids is 1. The van der Waals surface area contributed by atoms with Crippen molar-refractivity contribution in [1.82, 2.24) is 14.8 Å². The second kappa shape index (κ2) is 9.87. The Balaban J connectivity index is 1.52. The van der Waals surface area contributed by atoms with Gasteiger partial charge in [0.25, 0.3) is 0 Å². The Morgan fingerprint density at radius 1 is 1.00 bits per heavy atom. The third-order valence-electron chi connectivity index (χ3n) is 5.14. The molecule has 1 amide bonds. The second-order valence-corrected chi connectivity index (χ2v) is 9.19. The highest BCUT2D eigenvalue weighted by molar-refractivity contribution is 8.00. The molecule has 4 rings (SSSR count). The predicted octanol–water partition coefficient (Wildman–Crippen LogP) is 5.83. The molecule has 1 atom stereocenters. The average Bonchev–Trinajstić information content (AvgIpc) is 3.45. The smallest absolute Gasteiger partial charge is 0.237 e. The highest BCUT2D eigenvalue weighted by Crippen LogP contribution is 2.28. The van der Waals surface area contributed by atoms with Crippen LogP contribution in [0.2, 0.25) is 0 Å². The van der Waals surface area contributed by atoms with Crippen LogP contribution in [0.5, 0.6) is 0 Å². The minimum Gasteiger partial charge on any atom is -0.461 e. The molecule has 2 heterocycles. The van der Waals surface area contributed by atoms with Crippen molar-refractivity contribution < 1.29 is 9.21 Å². The zero-order valence-electron chi connectivity index (χ0n) is 18.4. The molecule has 0 radical (unpaired) electrons. The summed E-state index contributed by atoms with van der Waals surface area (Å²) in [5.74, 6) is 1.65. The van der Waals surface area contributed by atoms with Gasteiger partial charge in [-0.25, -0.2) is 0 Å². The van der Waals surface area contributed by atoms with E-state index in [4.69, 9.17) is 4.42 Å². The summed E-state index contributed by atoms with van der Waals surface area (Å²) in [4.78, 5) is 12.8. The maximum absolute atomic E-state index is 12.8. The molecule has 7 heteroatoms. The number of aromatic nitrogens is 3. The van der Waals surface area contributed by atoms with E-state index < -0.39 is 0 Å². The normalized spacial score (nSPS) is 12.1. The maximum atomic E-state index is 12.8. The number of furan rings is 1. The van der Waals surface area contributed by atoms with Crippen molar-refractivity contribution in [3.63, 3.8) is 0 Å². The van der Waals surface area contributed by atoms with Crippen molar-refractivity contribution in [2.75, 3.05) is 5.32 Å². The van der Waals surface area contributed by atoms with Crippen LogP contribution >= 0.6 is 11.8 Å². The van der Waals surface area contributed by atoms with E-state index in [9.17, 15) is 4.79 Å². The monoisotopic (exact) mass is 446 g/mol. The number of hydrogen-bond donors (Lipinski definition) is 1. The van der Waals surface area contributed by atoms with E-state index in [0.717, 1.165) is 11.3 Å².